The van der Waals surface area contributed by atoms with Crippen molar-refractivity contribution >= 4 is 16.0 Å². The van der Waals surface area contributed by atoms with Crippen molar-refractivity contribution in [3.05, 3.63) is 24.3 Å². The second-order valence-electron chi connectivity index (χ2n) is 6.47. The topological polar surface area (TPSA) is 118 Å². The number of fused-ring (bicyclic) bond motifs is 2. The van der Waals surface area contributed by atoms with E-state index < -0.39 is 28.0 Å². The zero-order valence-corrected chi connectivity index (χ0v) is 14.3. The molecule has 9 nitrogen and oxygen atoms in total. The summed E-state index contributed by atoms with van der Waals surface area (Å²) >= 11 is 0. The van der Waals surface area contributed by atoms with Gasteiger partial charge >= 0.3 is 5.97 Å². The van der Waals surface area contributed by atoms with E-state index in [-0.39, 0.29) is 10.9 Å². The van der Waals surface area contributed by atoms with Gasteiger partial charge in [-0.1, -0.05) is 12.1 Å². The van der Waals surface area contributed by atoms with E-state index in [1.54, 1.807) is 19.2 Å². The molecule has 2 aromatic rings. The van der Waals surface area contributed by atoms with Gasteiger partial charge in [-0.25, -0.2) is 13.1 Å². The number of hydrogen-bond donors (Lipinski definition) is 1. The lowest BCUT2D eigenvalue weighted by molar-refractivity contribution is -0.142. The summed E-state index contributed by atoms with van der Waals surface area (Å²) < 4.78 is 29.2. The fourth-order valence-electron chi connectivity index (χ4n) is 3.97. The lowest BCUT2D eigenvalue weighted by Gasteiger charge is -2.22. The molecule has 3 atom stereocenters. The molecule has 0 aliphatic carbocycles. The van der Waals surface area contributed by atoms with Crippen molar-refractivity contribution in [1.82, 2.24) is 24.5 Å². The first-order chi connectivity index (χ1) is 11.9. The van der Waals surface area contributed by atoms with Crippen LogP contribution in [0.2, 0.25) is 0 Å². The summed E-state index contributed by atoms with van der Waals surface area (Å²) in [6.45, 7) is 0. The Kier molecular flexibility index (Phi) is 3.62. The van der Waals surface area contributed by atoms with Crippen LogP contribution in [0.1, 0.15) is 19.3 Å². The number of sulfonamides is 1. The van der Waals surface area contributed by atoms with Gasteiger partial charge in [-0.05, 0) is 41.8 Å². The Hall–Kier alpha value is -2.33. The Labute approximate surface area is 144 Å². The highest BCUT2D eigenvalue weighted by Crippen LogP contribution is 2.45. The maximum absolute atomic E-state index is 13.1. The van der Waals surface area contributed by atoms with Gasteiger partial charge in [0.15, 0.2) is 5.82 Å². The summed E-state index contributed by atoms with van der Waals surface area (Å²) in [7, 11) is -2.10. The van der Waals surface area contributed by atoms with Crippen molar-refractivity contribution in [1.29, 1.82) is 0 Å². The second-order valence-corrected chi connectivity index (χ2v) is 8.31. The number of benzene rings is 1. The minimum Gasteiger partial charge on any atom is -0.481 e. The van der Waals surface area contributed by atoms with E-state index in [0.29, 0.717) is 30.7 Å². The molecule has 2 aliphatic rings. The van der Waals surface area contributed by atoms with Gasteiger partial charge in [0.05, 0.1) is 10.8 Å². The molecule has 10 heteroatoms. The third-order valence-corrected chi connectivity index (χ3v) is 7.05. The van der Waals surface area contributed by atoms with Crippen LogP contribution in [-0.2, 0) is 21.9 Å². The van der Waals surface area contributed by atoms with E-state index in [2.05, 4.69) is 15.5 Å². The van der Waals surface area contributed by atoms with Crippen LogP contribution in [0.25, 0.3) is 11.4 Å². The summed E-state index contributed by atoms with van der Waals surface area (Å²) in [6.07, 6.45) is 1.68. The quantitative estimate of drug-likeness (QED) is 0.840. The van der Waals surface area contributed by atoms with Gasteiger partial charge in [0, 0.05) is 24.7 Å². The summed E-state index contributed by atoms with van der Waals surface area (Å²) in [6, 6.07) is 5.74. The molecule has 1 aromatic heterocycles. The number of hydrogen-bond acceptors (Lipinski definition) is 6. The van der Waals surface area contributed by atoms with Crippen molar-refractivity contribution < 1.29 is 18.3 Å². The van der Waals surface area contributed by atoms with Gasteiger partial charge in [-0.3, -0.25) is 4.79 Å². The molecule has 0 saturated carbocycles. The highest BCUT2D eigenvalue weighted by atomic mass is 32.2. The highest BCUT2D eigenvalue weighted by molar-refractivity contribution is 7.89. The first-order valence-electron chi connectivity index (χ1n) is 7.98. The Morgan fingerprint density at radius 1 is 1.32 bits per heavy atom. The lowest BCUT2D eigenvalue weighted by Crippen LogP contribution is -2.37. The Balaban J connectivity index is 1.73. The smallest absolute Gasteiger partial charge is 0.308 e. The van der Waals surface area contributed by atoms with E-state index in [9.17, 15) is 18.3 Å². The lowest BCUT2D eigenvalue weighted by atomic mass is 9.89. The fraction of sp³-hybridized carbons (Fsp3) is 0.467. The number of aromatic nitrogens is 4. The molecule has 1 aromatic carbocycles. The zero-order valence-electron chi connectivity index (χ0n) is 13.5. The van der Waals surface area contributed by atoms with Crippen LogP contribution >= 0.6 is 0 Å². The van der Waals surface area contributed by atoms with Crippen molar-refractivity contribution in [2.45, 2.75) is 36.2 Å². The van der Waals surface area contributed by atoms with Crippen molar-refractivity contribution in [2.75, 3.05) is 0 Å². The summed E-state index contributed by atoms with van der Waals surface area (Å²) in [5, 5.41) is 20.6. The van der Waals surface area contributed by atoms with E-state index in [1.165, 1.54) is 21.1 Å². The van der Waals surface area contributed by atoms with Crippen LogP contribution in [0.4, 0.5) is 0 Å². The molecular formula is C15H17N5O4S. The number of carboxylic acid groups (broad SMARTS) is 1. The number of carbonyl (C=O) groups is 1. The Bertz CT molecular complexity index is 941. The van der Waals surface area contributed by atoms with Crippen LogP contribution in [0.5, 0.6) is 0 Å². The number of aliphatic carboxylic acids is 1. The summed E-state index contributed by atoms with van der Waals surface area (Å²) in [5.41, 5.74) is 0.593. The molecular weight excluding hydrogens is 346 g/mol. The first kappa shape index (κ1) is 16.2. The molecule has 3 unspecified atom stereocenters. The maximum atomic E-state index is 13.1. The number of rotatable bonds is 4. The van der Waals surface area contributed by atoms with E-state index in [4.69, 9.17) is 0 Å². The second kappa shape index (κ2) is 5.60. The average Bonchev–Trinajstić information content (AvgIpc) is 3.29. The molecule has 0 spiro atoms. The molecule has 0 amide bonds. The van der Waals surface area contributed by atoms with E-state index in [1.807, 2.05) is 0 Å². The summed E-state index contributed by atoms with van der Waals surface area (Å²) in [4.78, 5) is 11.5. The monoisotopic (exact) mass is 363 g/mol. The Morgan fingerprint density at radius 2 is 2.12 bits per heavy atom. The fourth-order valence-corrected chi connectivity index (χ4v) is 5.93. The highest BCUT2D eigenvalue weighted by Gasteiger charge is 2.54. The number of carboxylic acids is 1. The molecule has 2 aliphatic heterocycles. The maximum Gasteiger partial charge on any atom is 0.308 e. The SMILES string of the molecule is Cn1nnnc1-c1cccc(S(=O)(=O)N2C3CCC2C(C(=O)O)C3)c1. The largest absolute Gasteiger partial charge is 0.481 e. The van der Waals surface area contributed by atoms with Crippen LogP contribution in [0, 0.1) is 5.92 Å². The molecule has 1 N–H and O–H groups in total. The standard InChI is InChI=1S/C15H17N5O4S/c1-19-14(16-17-18-19)9-3-2-4-11(7-9)25(23,24)20-10-5-6-13(20)12(8-10)15(21)22/h2-4,7,10,12-13H,5-6,8H2,1H3,(H,21,22). The molecule has 2 fully saturated rings. The molecule has 132 valence electrons. The third kappa shape index (κ3) is 2.44. The third-order valence-electron chi connectivity index (χ3n) is 5.08. The van der Waals surface area contributed by atoms with Crippen molar-refractivity contribution in [3.63, 3.8) is 0 Å². The van der Waals surface area contributed by atoms with Gasteiger partial charge < -0.3 is 5.11 Å². The van der Waals surface area contributed by atoms with Gasteiger partial charge in [0.2, 0.25) is 10.0 Å². The zero-order chi connectivity index (χ0) is 17.8. The van der Waals surface area contributed by atoms with Crippen LogP contribution in [0.15, 0.2) is 29.2 Å². The van der Waals surface area contributed by atoms with Crippen LogP contribution in [-0.4, -0.2) is 56.1 Å². The minimum atomic E-state index is -3.78. The van der Waals surface area contributed by atoms with Gasteiger partial charge in [-0.2, -0.15) is 4.31 Å². The van der Waals surface area contributed by atoms with E-state index >= 15 is 0 Å². The molecule has 3 heterocycles. The number of aryl methyl sites for hydroxylation is 1. The van der Waals surface area contributed by atoms with Crippen molar-refractivity contribution in [2.24, 2.45) is 13.0 Å². The molecule has 25 heavy (non-hydrogen) atoms. The summed E-state index contributed by atoms with van der Waals surface area (Å²) in [5.74, 6) is -1.09. The van der Waals surface area contributed by atoms with E-state index in [0.717, 1.165) is 0 Å². The molecule has 0 radical (unpaired) electrons. The van der Waals surface area contributed by atoms with Gasteiger partial charge in [0.1, 0.15) is 0 Å². The Morgan fingerprint density at radius 3 is 2.76 bits per heavy atom. The van der Waals surface area contributed by atoms with Crippen molar-refractivity contribution in [3.8, 4) is 11.4 Å². The van der Waals surface area contributed by atoms with Crippen LogP contribution < -0.4 is 0 Å². The van der Waals surface area contributed by atoms with Gasteiger partial charge in [0.25, 0.3) is 0 Å². The van der Waals surface area contributed by atoms with Crippen LogP contribution in [0.3, 0.4) is 0 Å². The predicted molar refractivity (Wildman–Crippen MR) is 85.8 cm³/mol. The number of nitrogens with zero attached hydrogens (tertiary/aromatic N) is 5. The molecule has 2 bridgehead atoms. The number of tetrazole rings is 1. The first-order valence-corrected chi connectivity index (χ1v) is 9.43. The molecule has 2 saturated heterocycles. The normalized spacial score (nSPS) is 26.2. The average molecular weight is 363 g/mol. The van der Waals surface area contributed by atoms with Gasteiger partial charge in [-0.15, -0.1) is 5.10 Å². The minimum absolute atomic E-state index is 0.135. The molecule has 4 rings (SSSR count). The predicted octanol–water partition coefficient (Wildman–Crippen LogP) is 0.503.